The zero-order valence-electron chi connectivity index (χ0n) is 18.1. The number of hydrogen-bond donors (Lipinski definition) is 1. The molecule has 0 spiro atoms. The normalized spacial score (nSPS) is 12.6. The Balaban J connectivity index is 1.42. The van der Waals surface area contributed by atoms with Crippen molar-refractivity contribution < 1.29 is 27.8 Å². The summed E-state index contributed by atoms with van der Waals surface area (Å²) in [6, 6.07) is 18.0. The number of hydrogen-bond acceptors (Lipinski definition) is 4. The number of rotatable bonds is 8. The second-order valence-corrected chi connectivity index (χ2v) is 8.67. The van der Waals surface area contributed by atoms with Crippen LogP contribution in [0.1, 0.15) is 24.5 Å². The summed E-state index contributed by atoms with van der Waals surface area (Å²) in [4.78, 5) is 12.1. The van der Waals surface area contributed by atoms with Gasteiger partial charge in [0.05, 0.1) is 16.8 Å². The lowest BCUT2D eigenvalue weighted by Crippen LogP contribution is -2.25. The summed E-state index contributed by atoms with van der Waals surface area (Å²) in [5.41, 5.74) is 1.66. The highest BCUT2D eigenvalue weighted by molar-refractivity contribution is 7.98. The van der Waals surface area contributed by atoms with Crippen LogP contribution in [0.3, 0.4) is 0 Å². The van der Waals surface area contributed by atoms with Crippen molar-refractivity contribution in [2.24, 2.45) is 0 Å². The highest BCUT2D eigenvalue weighted by Gasteiger charge is 2.30. The van der Waals surface area contributed by atoms with Gasteiger partial charge in [0.2, 0.25) is 0 Å². The first-order valence-electron chi connectivity index (χ1n) is 10.5. The minimum Gasteiger partial charge on any atom is -0.479 e. The third kappa shape index (κ3) is 5.53. The Kier molecular flexibility index (Phi) is 6.83. The van der Waals surface area contributed by atoms with Crippen molar-refractivity contribution in [2.45, 2.75) is 36.3 Å². The van der Waals surface area contributed by atoms with Crippen molar-refractivity contribution in [3.05, 3.63) is 84.1 Å². The Hall–Kier alpha value is -3.46. The van der Waals surface area contributed by atoms with E-state index in [2.05, 4.69) is 5.10 Å². The Morgan fingerprint density at radius 3 is 2.41 bits per heavy atom. The zero-order chi connectivity index (χ0) is 24.3. The molecule has 0 saturated carbocycles. The van der Waals surface area contributed by atoms with Crippen molar-refractivity contribution in [3.63, 3.8) is 0 Å². The number of aromatic nitrogens is 2. The first-order valence-corrected chi connectivity index (χ1v) is 11.5. The number of aliphatic carboxylic acids is 1. The molecule has 4 rings (SSSR count). The molecular weight excluding hydrogens is 465 g/mol. The number of halogens is 3. The molecule has 9 heteroatoms. The number of alkyl halides is 3. The predicted octanol–water partition coefficient (Wildman–Crippen LogP) is 6.58. The summed E-state index contributed by atoms with van der Waals surface area (Å²) < 4.78 is 45.4. The van der Waals surface area contributed by atoms with E-state index in [4.69, 9.17) is 9.84 Å². The third-order valence-corrected chi connectivity index (χ3v) is 6.27. The van der Waals surface area contributed by atoms with E-state index in [0.717, 1.165) is 33.5 Å². The molecule has 1 heterocycles. The maximum atomic E-state index is 12.8. The summed E-state index contributed by atoms with van der Waals surface area (Å²) in [6.07, 6.45) is -3.08. The minimum absolute atomic E-state index is 0.378. The van der Waals surface area contributed by atoms with Crippen LogP contribution < -0.4 is 4.74 Å². The lowest BCUT2D eigenvalue weighted by Gasteiger charge is -2.13. The van der Waals surface area contributed by atoms with E-state index in [0.29, 0.717) is 23.6 Å². The van der Waals surface area contributed by atoms with E-state index < -0.39 is 23.8 Å². The highest BCUT2D eigenvalue weighted by Crippen LogP contribution is 2.30. The van der Waals surface area contributed by atoms with E-state index in [-0.39, 0.29) is 0 Å². The molecule has 0 aliphatic carbocycles. The molecule has 1 N–H and O–H groups in total. The van der Waals surface area contributed by atoms with Crippen molar-refractivity contribution in [2.75, 3.05) is 0 Å². The van der Waals surface area contributed by atoms with Gasteiger partial charge in [0.25, 0.3) is 0 Å². The van der Waals surface area contributed by atoms with Gasteiger partial charge in [0, 0.05) is 22.2 Å². The van der Waals surface area contributed by atoms with Gasteiger partial charge in [-0.3, -0.25) is 0 Å². The Morgan fingerprint density at radius 1 is 1.09 bits per heavy atom. The standard InChI is InChI=1S/C25H21F3N2O3S/c1-2-23(24(31)32)33-20-9-11-21(12-10-20)34-15-16-3-4-17-14-30(29-22(17)13-16)19-7-5-18(6-8-19)25(26,27)28/h3-14,23H,2,15H2,1H3,(H,31,32). The van der Waals surface area contributed by atoms with Gasteiger partial charge in [-0.15, -0.1) is 11.8 Å². The van der Waals surface area contributed by atoms with Gasteiger partial charge in [-0.2, -0.15) is 18.3 Å². The maximum absolute atomic E-state index is 12.8. The van der Waals surface area contributed by atoms with Gasteiger partial charge in [-0.1, -0.05) is 19.1 Å². The number of fused-ring (bicyclic) bond motifs is 1. The molecule has 0 aliphatic rings. The first kappa shape index (κ1) is 23.7. The van der Waals surface area contributed by atoms with E-state index >= 15 is 0 Å². The number of benzene rings is 3. The first-order chi connectivity index (χ1) is 16.2. The fraction of sp³-hybridized carbons (Fsp3) is 0.200. The van der Waals surface area contributed by atoms with Crippen LogP contribution in [-0.4, -0.2) is 27.0 Å². The summed E-state index contributed by atoms with van der Waals surface area (Å²) in [7, 11) is 0. The number of carbonyl (C=O) groups is 1. The van der Waals surface area contributed by atoms with Crippen LogP contribution in [0.5, 0.6) is 5.75 Å². The molecule has 176 valence electrons. The predicted molar refractivity (Wildman–Crippen MR) is 124 cm³/mol. The molecule has 5 nitrogen and oxygen atoms in total. The second-order valence-electron chi connectivity index (χ2n) is 7.62. The molecule has 0 bridgehead atoms. The van der Waals surface area contributed by atoms with Crippen molar-refractivity contribution in [3.8, 4) is 11.4 Å². The summed E-state index contributed by atoms with van der Waals surface area (Å²) in [5.74, 6) is 0.210. The minimum atomic E-state index is -4.37. The number of thioether (sulfide) groups is 1. The van der Waals surface area contributed by atoms with Crippen molar-refractivity contribution >= 4 is 28.6 Å². The molecule has 0 saturated heterocycles. The summed E-state index contributed by atoms with van der Waals surface area (Å²) >= 11 is 1.62. The monoisotopic (exact) mass is 486 g/mol. The fourth-order valence-corrected chi connectivity index (χ4v) is 4.18. The SMILES string of the molecule is CCC(Oc1ccc(SCc2ccc3cn(-c4ccc(C(F)(F)F)cc4)nc3c2)cc1)C(=O)O. The molecule has 1 atom stereocenters. The molecule has 3 aromatic carbocycles. The Morgan fingerprint density at radius 2 is 1.79 bits per heavy atom. The number of carboxylic acid groups (broad SMARTS) is 1. The largest absolute Gasteiger partial charge is 0.479 e. The van der Waals surface area contributed by atoms with E-state index in [1.165, 1.54) is 12.1 Å². The smallest absolute Gasteiger partial charge is 0.416 e. The van der Waals surface area contributed by atoms with Crippen LogP contribution >= 0.6 is 11.8 Å². The van der Waals surface area contributed by atoms with Gasteiger partial charge >= 0.3 is 12.1 Å². The third-order valence-electron chi connectivity index (χ3n) is 5.18. The van der Waals surface area contributed by atoms with E-state index in [1.807, 2.05) is 30.3 Å². The molecule has 0 radical (unpaired) electrons. The lowest BCUT2D eigenvalue weighted by atomic mass is 10.2. The molecular formula is C25H21F3N2O3S. The zero-order valence-corrected chi connectivity index (χ0v) is 18.9. The van der Waals surface area contributed by atoms with Crippen LogP contribution in [0.25, 0.3) is 16.6 Å². The molecule has 34 heavy (non-hydrogen) atoms. The Labute approximate surface area is 198 Å². The van der Waals surface area contributed by atoms with E-state index in [9.17, 15) is 18.0 Å². The number of ether oxygens (including phenoxy) is 1. The van der Waals surface area contributed by atoms with Gasteiger partial charge in [0.1, 0.15) is 5.75 Å². The average Bonchev–Trinajstić information content (AvgIpc) is 3.25. The fourth-order valence-electron chi connectivity index (χ4n) is 3.34. The van der Waals surface area contributed by atoms with Crippen LogP contribution in [0, 0.1) is 0 Å². The average molecular weight is 487 g/mol. The number of nitrogens with zero attached hydrogens (tertiary/aromatic N) is 2. The number of carboxylic acids is 1. The van der Waals surface area contributed by atoms with Crippen LogP contribution in [0.15, 0.2) is 77.8 Å². The topological polar surface area (TPSA) is 64.4 Å². The Bertz CT molecular complexity index is 1290. The highest BCUT2D eigenvalue weighted by atomic mass is 32.2. The second kappa shape index (κ2) is 9.80. The molecule has 1 unspecified atom stereocenters. The van der Waals surface area contributed by atoms with Crippen LogP contribution in [0.4, 0.5) is 13.2 Å². The molecule has 0 fully saturated rings. The van der Waals surface area contributed by atoms with E-state index in [1.54, 1.807) is 41.7 Å². The molecule has 4 aromatic rings. The maximum Gasteiger partial charge on any atom is 0.416 e. The van der Waals surface area contributed by atoms with Gasteiger partial charge in [-0.25, -0.2) is 9.48 Å². The van der Waals surface area contributed by atoms with Crippen LogP contribution in [0.2, 0.25) is 0 Å². The molecule has 0 amide bonds. The van der Waals surface area contributed by atoms with Crippen molar-refractivity contribution in [1.82, 2.24) is 9.78 Å². The van der Waals surface area contributed by atoms with Crippen LogP contribution in [-0.2, 0) is 16.7 Å². The summed E-state index contributed by atoms with van der Waals surface area (Å²) in [6.45, 7) is 1.76. The summed E-state index contributed by atoms with van der Waals surface area (Å²) in [5, 5.41) is 14.5. The molecule has 0 aliphatic heterocycles. The van der Waals surface area contributed by atoms with Crippen molar-refractivity contribution in [1.29, 1.82) is 0 Å². The quantitative estimate of drug-likeness (QED) is 0.285. The molecule has 1 aromatic heterocycles. The lowest BCUT2D eigenvalue weighted by molar-refractivity contribution is -0.145. The van der Waals surface area contributed by atoms with Gasteiger partial charge in [-0.05, 0) is 66.6 Å². The van der Waals surface area contributed by atoms with Gasteiger partial charge < -0.3 is 9.84 Å². The van der Waals surface area contributed by atoms with Gasteiger partial charge in [0.15, 0.2) is 6.10 Å².